The van der Waals surface area contributed by atoms with Crippen molar-refractivity contribution < 1.29 is 9.60 Å². The van der Waals surface area contributed by atoms with Crippen LogP contribution in [0.2, 0.25) is 5.02 Å². The van der Waals surface area contributed by atoms with E-state index in [0.717, 1.165) is 5.56 Å². The van der Waals surface area contributed by atoms with Crippen LogP contribution in [-0.4, -0.2) is 29.5 Å². The second-order valence-corrected chi connectivity index (χ2v) is 4.78. The first-order valence-electron chi connectivity index (χ1n) is 5.54. The fraction of sp³-hybridized carbons (Fsp3) is 0.417. The van der Waals surface area contributed by atoms with Crippen LogP contribution in [0.1, 0.15) is 12.5 Å². The van der Waals surface area contributed by atoms with E-state index in [1.54, 1.807) is 12.1 Å². The van der Waals surface area contributed by atoms with Gasteiger partial charge in [-0.1, -0.05) is 29.7 Å². The minimum absolute atomic E-state index is 0.0593. The summed E-state index contributed by atoms with van der Waals surface area (Å²) in [5, 5.41) is 11.6. The van der Waals surface area contributed by atoms with Crippen LogP contribution >= 0.6 is 11.6 Å². The van der Waals surface area contributed by atoms with Crippen molar-refractivity contribution in [3.05, 3.63) is 34.6 Å². The Morgan fingerprint density at radius 2 is 2.28 bits per heavy atom. The smallest absolute Gasteiger partial charge is 0.143 e. The van der Waals surface area contributed by atoms with Gasteiger partial charge in [0.2, 0.25) is 0 Å². The predicted molar refractivity (Wildman–Crippen MR) is 70.3 cm³/mol. The van der Waals surface area contributed by atoms with Crippen molar-refractivity contribution in [2.24, 2.45) is 16.8 Å². The molecular weight excluding hydrogens is 257 g/mol. The second kappa shape index (κ2) is 6.56. The highest BCUT2D eigenvalue weighted by Crippen LogP contribution is 2.17. The molecule has 0 aromatic heterocycles. The number of benzene rings is 1. The third-order valence-electron chi connectivity index (χ3n) is 2.64. The third-order valence-corrected chi connectivity index (χ3v) is 2.93. The SMILES string of the molecule is CC(CN(C)Cc1ccc(F)c(Cl)c1)/C(N)=N/O. The zero-order valence-corrected chi connectivity index (χ0v) is 11.2. The summed E-state index contributed by atoms with van der Waals surface area (Å²) in [6.07, 6.45) is 0. The summed E-state index contributed by atoms with van der Waals surface area (Å²) in [4.78, 5) is 1.99. The van der Waals surface area contributed by atoms with Crippen LogP contribution in [0.3, 0.4) is 0 Å². The highest BCUT2D eigenvalue weighted by atomic mass is 35.5. The Morgan fingerprint density at radius 1 is 1.61 bits per heavy atom. The molecular formula is C12H17ClFN3O. The molecule has 18 heavy (non-hydrogen) atoms. The maximum atomic E-state index is 13.0. The molecule has 0 aliphatic rings. The van der Waals surface area contributed by atoms with E-state index in [0.29, 0.717) is 13.1 Å². The molecule has 0 fully saturated rings. The summed E-state index contributed by atoms with van der Waals surface area (Å²) in [5.41, 5.74) is 6.42. The lowest BCUT2D eigenvalue weighted by Crippen LogP contribution is -2.32. The van der Waals surface area contributed by atoms with E-state index in [-0.39, 0.29) is 16.8 Å². The van der Waals surface area contributed by atoms with Gasteiger partial charge in [-0.3, -0.25) is 0 Å². The highest BCUT2D eigenvalue weighted by molar-refractivity contribution is 6.30. The monoisotopic (exact) mass is 273 g/mol. The molecule has 0 aliphatic heterocycles. The number of nitrogens with two attached hydrogens (primary N) is 1. The number of hydrogen-bond acceptors (Lipinski definition) is 3. The normalized spacial score (nSPS) is 13.9. The van der Waals surface area contributed by atoms with Gasteiger partial charge in [0, 0.05) is 19.0 Å². The van der Waals surface area contributed by atoms with E-state index in [9.17, 15) is 4.39 Å². The molecule has 0 radical (unpaired) electrons. The van der Waals surface area contributed by atoms with Crippen LogP contribution < -0.4 is 5.73 Å². The fourth-order valence-electron chi connectivity index (χ4n) is 1.67. The maximum Gasteiger partial charge on any atom is 0.143 e. The first kappa shape index (κ1) is 14.7. The van der Waals surface area contributed by atoms with Crippen molar-refractivity contribution in [3.63, 3.8) is 0 Å². The molecule has 1 unspecified atom stereocenters. The second-order valence-electron chi connectivity index (χ2n) is 4.37. The summed E-state index contributed by atoms with van der Waals surface area (Å²) < 4.78 is 13.0. The average molecular weight is 274 g/mol. The Bertz CT molecular complexity index is 439. The van der Waals surface area contributed by atoms with Gasteiger partial charge in [0.15, 0.2) is 0 Å². The Kier molecular flexibility index (Phi) is 5.37. The maximum absolute atomic E-state index is 13.0. The third kappa shape index (κ3) is 4.16. The lowest BCUT2D eigenvalue weighted by atomic mass is 10.1. The highest BCUT2D eigenvalue weighted by Gasteiger charge is 2.11. The Morgan fingerprint density at radius 3 is 2.83 bits per heavy atom. The van der Waals surface area contributed by atoms with E-state index >= 15 is 0 Å². The van der Waals surface area contributed by atoms with Gasteiger partial charge >= 0.3 is 0 Å². The van der Waals surface area contributed by atoms with Crippen LogP contribution in [0, 0.1) is 11.7 Å². The van der Waals surface area contributed by atoms with E-state index < -0.39 is 5.82 Å². The number of halogens is 2. The van der Waals surface area contributed by atoms with Gasteiger partial charge in [0.05, 0.1) is 5.02 Å². The van der Waals surface area contributed by atoms with Gasteiger partial charge in [-0.15, -0.1) is 0 Å². The minimum atomic E-state index is -0.423. The summed E-state index contributed by atoms with van der Waals surface area (Å²) in [6, 6.07) is 4.63. The van der Waals surface area contributed by atoms with E-state index in [4.69, 9.17) is 22.5 Å². The zero-order chi connectivity index (χ0) is 13.7. The molecule has 1 atom stereocenters. The van der Waals surface area contributed by atoms with Crippen LogP contribution in [0.5, 0.6) is 0 Å². The quantitative estimate of drug-likeness (QED) is 0.374. The van der Waals surface area contributed by atoms with Gasteiger partial charge in [-0.25, -0.2) is 4.39 Å². The number of hydrogen-bond donors (Lipinski definition) is 2. The lowest BCUT2D eigenvalue weighted by molar-refractivity contribution is 0.290. The Labute approximate surface area is 111 Å². The number of amidine groups is 1. The molecule has 0 aliphatic carbocycles. The number of nitrogens with zero attached hydrogens (tertiary/aromatic N) is 2. The summed E-state index contributed by atoms with van der Waals surface area (Å²) in [6.45, 7) is 3.11. The van der Waals surface area contributed by atoms with Crippen molar-refractivity contribution in [3.8, 4) is 0 Å². The average Bonchev–Trinajstić information content (AvgIpc) is 2.32. The molecule has 0 saturated heterocycles. The van der Waals surface area contributed by atoms with Gasteiger partial charge in [-0.05, 0) is 24.7 Å². The van der Waals surface area contributed by atoms with Gasteiger partial charge in [0.25, 0.3) is 0 Å². The molecule has 1 aromatic carbocycles. The molecule has 3 N–H and O–H groups in total. The topological polar surface area (TPSA) is 61.8 Å². The van der Waals surface area contributed by atoms with E-state index in [1.807, 2.05) is 18.9 Å². The molecule has 1 aromatic rings. The van der Waals surface area contributed by atoms with Crippen molar-refractivity contribution in [1.29, 1.82) is 0 Å². The van der Waals surface area contributed by atoms with E-state index in [1.165, 1.54) is 6.07 Å². The van der Waals surface area contributed by atoms with Crippen molar-refractivity contribution in [2.75, 3.05) is 13.6 Å². The summed E-state index contributed by atoms with van der Waals surface area (Å²) in [5.74, 6) is -0.289. The minimum Gasteiger partial charge on any atom is -0.409 e. The molecule has 100 valence electrons. The van der Waals surface area contributed by atoms with Gasteiger partial charge in [-0.2, -0.15) is 0 Å². The zero-order valence-electron chi connectivity index (χ0n) is 10.4. The van der Waals surface area contributed by atoms with Crippen molar-refractivity contribution in [2.45, 2.75) is 13.5 Å². The lowest BCUT2D eigenvalue weighted by Gasteiger charge is -2.20. The fourth-order valence-corrected chi connectivity index (χ4v) is 1.88. The standard InChI is InChI=1S/C12H17ClFN3O/c1-8(12(15)16-18)6-17(2)7-9-3-4-11(14)10(13)5-9/h3-5,8,18H,6-7H2,1-2H3,(H2,15,16). The predicted octanol–water partition coefficient (Wildman–Crippen LogP) is 2.29. The van der Waals surface area contributed by atoms with Gasteiger partial charge in [0.1, 0.15) is 11.7 Å². The molecule has 1 rings (SSSR count). The van der Waals surface area contributed by atoms with Gasteiger partial charge < -0.3 is 15.8 Å². The Balaban J connectivity index is 2.59. The largest absolute Gasteiger partial charge is 0.409 e. The van der Waals surface area contributed by atoms with E-state index in [2.05, 4.69) is 5.16 Å². The molecule has 4 nitrogen and oxygen atoms in total. The van der Waals surface area contributed by atoms with Crippen LogP contribution in [0.25, 0.3) is 0 Å². The first-order chi connectivity index (χ1) is 8.43. The van der Waals surface area contributed by atoms with Crippen LogP contribution in [0.4, 0.5) is 4.39 Å². The molecule has 6 heteroatoms. The first-order valence-corrected chi connectivity index (χ1v) is 5.91. The molecule has 0 saturated carbocycles. The Hall–Kier alpha value is -1.33. The van der Waals surface area contributed by atoms with Crippen molar-refractivity contribution >= 4 is 17.4 Å². The summed E-state index contributed by atoms with van der Waals surface area (Å²) in [7, 11) is 1.90. The number of oxime groups is 1. The molecule has 0 bridgehead atoms. The summed E-state index contributed by atoms with van der Waals surface area (Å²) >= 11 is 5.71. The van der Waals surface area contributed by atoms with Crippen molar-refractivity contribution in [1.82, 2.24) is 4.90 Å². The molecule has 0 amide bonds. The molecule has 0 spiro atoms. The number of rotatable bonds is 5. The van der Waals surface area contributed by atoms with Crippen LogP contribution in [-0.2, 0) is 6.54 Å². The van der Waals surface area contributed by atoms with Crippen LogP contribution in [0.15, 0.2) is 23.4 Å². The molecule has 0 heterocycles.